The van der Waals surface area contributed by atoms with Crippen molar-refractivity contribution in [2.45, 2.75) is 13.5 Å². The third kappa shape index (κ3) is 3.86. The van der Waals surface area contributed by atoms with E-state index in [1.165, 1.54) is 34.9 Å². The summed E-state index contributed by atoms with van der Waals surface area (Å²) in [6.45, 7) is -1.36. The van der Waals surface area contributed by atoms with E-state index in [9.17, 15) is 22.8 Å². The van der Waals surface area contributed by atoms with Crippen molar-refractivity contribution >= 4 is 22.5 Å². The average Bonchev–Trinajstić information content (AvgIpc) is 3.01. The van der Waals surface area contributed by atoms with E-state index in [2.05, 4.69) is 19.7 Å². The van der Waals surface area contributed by atoms with Crippen LogP contribution < -0.4 is 16.1 Å². The zero-order chi connectivity index (χ0) is 22.3. The molecule has 0 radical (unpaired) electrons. The minimum absolute atomic E-state index is 0.0678. The highest BCUT2D eigenvalue weighted by Gasteiger charge is 2.16. The van der Waals surface area contributed by atoms with Crippen LogP contribution in [0, 0.1) is 18.6 Å². The van der Waals surface area contributed by atoms with E-state index in [-0.39, 0.29) is 39.7 Å². The Morgan fingerprint density at radius 3 is 2.42 bits per heavy atom. The van der Waals surface area contributed by atoms with E-state index in [1.807, 2.05) is 0 Å². The Hall–Kier alpha value is -4.09. The number of anilines is 1. The lowest BCUT2D eigenvalue weighted by molar-refractivity contribution is -0.0498. The monoisotopic (exact) mass is 434 g/mol. The number of benzene rings is 2. The number of rotatable bonds is 4. The predicted octanol–water partition coefficient (Wildman–Crippen LogP) is 3.46. The molecule has 0 amide bonds. The van der Waals surface area contributed by atoms with E-state index >= 15 is 0 Å². The fraction of sp³-hybridized carbons (Fsp3) is 0.105. The molecular weight excluding hydrogens is 420 g/mol. The van der Waals surface area contributed by atoms with Gasteiger partial charge in [0, 0.05) is 18.2 Å². The minimum atomic E-state index is -2.97. The molecule has 0 aliphatic carbocycles. The van der Waals surface area contributed by atoms with Gasteiger partial charge in [-0.15, -0.1) is 4.73 Å². The molecular formula is C19H14F4N6O2. The molecule has 160 valence electrons. The van der Waals surface area contributed by atoms with Crippen LogP contribution in [0.15, 0.2) is 47.5 Å². The summed E-state index contributed by atoms with van der Waals surface area (Å²) >= 11 is 0. The highest BCUT2D eigenvalue weighted by atomic mass is 19.3. The van der Waals surface area contributed by atoms with E-state index in [0.717, 1.165) is 12.1 Å². The molecule has 4 aromatic rings. The van der Waals surface area contributed by atoms with Crippen molar-refractivity contribution in [3.05, 3.63) is 65.5 Å². The van der Waals surface area contributed by atoms with Gasteiger partial charge in [0.2, 0.25) is 0 Å². The van der Waals surface area contributed by atoms with Gasteiger partial charge in [0.05, 0.1) is 16.7 Å². The highest BCUT2D eigenvalue weighted by Crippen LogP contribution is 2.23. The topological polar surface area (TPSA) is 103 Å². The van der Waals surface area contributed by atoms with Crippen molar-refractivity contribution in [3.8, 4) is 11.6 Å². The first-order valence-corrected chi connectivity index (χ1v) is 8.76. The molecule has 0 fully saturated rings. The van der Waals surface area contributed by atoms with Gasteiger partial charge >= 0.3 is 6.61 Å². The van der Waals surface area contributed by atoms with E-state index in [1.54, 1.807) is 6.92 Å². The van der Waals surface area contributed by atoms with E-state index in [4.69, 9.17) is 5.73 Å². The third-order valence-electron chi connectivity index (χ3n) is 4.31. The summed E-state index contributed by atoms with van der Waals surface area (Å²) in [5, 5.41) is 10.2. The average molecular weight is 434 g/mol. The van der Waals surface area contributed by atoms with Crippen LogP contribution in [-0.4, -0.2) is 31.1 Å². The second-order valence-electron chi connectivity index (χ2n) is 6.38. The largest absolute Gasteiger partial charge is 0.435 e. The van der Waals surface area contributed by atoms with Crippen LogP contribution >= 0.6 is 0 Å². The molecule has 0 saturated heterocycles. The van der Waals surface area contributed by atoms with Crippen LogP contribution in [0.2, 0.25) is 0 Å². The van der Waals surface area contributed by atoms with Gasteiger partial charge in [-0.1, -0.05) is 0 Å². The smallest absolute Gasteiger partial charge is 0.387 e. The quantitative estimate of drug-likeness (QED) is 0.378. The number of ether oxygens (including phenoxy) is 1. The summed E-state index contributed by atoms with van der Waals surface area (Å²) in [4.78, 5) is 12.6. The van der Waals surface area contributed by atoms with Crippen LogP contribution in [0.3, 0.4) is 0 Å². The third-order valence-corrected chi connectivity index (χ3v) is 4.31. The molecule has 0 unspecified atom stereocenters. The number of nitrogens with zero attached hydrogens (tertiary/aromatic N) is 5. The van der Waals surface area contributed by atoms with Crippen molar-refractivity contribution in [1.29, 1.82) is 0 Å². The Balaban J connectivity index is 1.84. The summed E-state index contributed by atoms with van der Waals surface area (Å²) in [6.07, 6.45) is 0. The van der Waals surface area contributed by atoms with Crippen LogP contribution in [0.1, 0.15) is 5.82 Å². The zero-order valence-corrected chi connectivity index (χ0v) is 15.8. The molecule has 2 aromatic carbocycles. The van der Waals surface area contributed by atoms with Gasteiger partial charge in [-0.3, -0.25) is 4.57 Å². The molecule has 0 bridgehead atoms. The lowest BCUT2D eigenvalue weighted by Gasteiger charge is -2.10. The molecule has 0 saturated carbocycles. The number of nitrogen functional groups attached to an aromatic ring is 1. The van der Waals surface area contributed by atoms with Crippen LogP contribution in [-0.2, 0) is 0 Å². The lowest BCUT2D eigenvalue weighted by atomic mass is 10.3. The fourth-order valence-corrected chi connectivity index (χ4v) is 2.98. The van der Waals surface area contributed by atoms with Crippen molar-refractivity contribution in [1.82, 2.24) is 19.3 Å². The highest BCUT2D eigenvalue weighted by molar-refractivity contribution is 5.78. The number of hydrogen-bond acceptors (Lipinski definition) is 6. The standard InChI is InChI=1S/C19H14F4N6O2/c1-9-25-14-6-12(20)13(21)7-15(14)28(9)17-8-16(24)29(30)19(27-17)26-10-2-4-11(5-3-10)31-18(22)23/h2-8,18,30H,24H2,1H3. The maximum atomic E-state index is 13.8. The molecule has 2 aromatic heterocycles. The number of aromatic nitrogens is 4. The van der Waals surface area contributed by atoms with Gasteiger partial charge < -0.3 is 15.7 Å². The number of alkyl halides is 2. The molecule has 0 aliphatic rings. The van der Waals surface area contributed by atoms with Gasteiger partial charge in [0.1, 0.15) is 23.2 Å². The number of nitrogens with two attached hydrogens (primary N) is 1. The summed E-state index contributed by atoms with van der Waals surface area (Å²) < 4.78 is 58.1. The SMILES string of the molecule is Cc1nc2cc(F)c(F)cc2n1-c1cc(N)n(O)c(=Nc2ccc(OC(F)F)cc2)n1. The van der Waals surface area contributed by atoms with Crippen LogP contribution in [0.25, 0.3) is 16.9 Å². The summed E-state index contributed by atoms with van der Waals surface area (Å²) in [6, 6.07) is 8.52. The van der Waals surface area contributed by atoms with Gasteiger partial charge in [-0.25, -0.2) is 18.8 Å². The molecule has 4 rings (SSSR count). The molecule has 0 spiro atoms. The Morgan fingerprint density at radius 1 is 1.06 bits per heavy atom. The fourth-order valence-electron chi connectivity index (χ4n) is 2.98. The number of imidazole rings is 1. The Kier molecular flexibility index (Phi) is 4.97. The summed E-state index contributed by atoms with van der Waals surface area (Å²) in [5.74, 6) is -1.81. The van der Waals surface area contributed by atoms with Crippen LogP contribution in [0.4, 0.5) is 29.1 Å². The number of halogens is 4. The normalized spacial score (nSPS) is 12.1. The molecule has 2 heterocycles. The Labute approximate surface area is 171 Å². The predicted molar refractivity (Wildman–Crippen MR) is 101 cm³/mol. The van der Waals surface area contributed by atoms with Crippen molar-refractivity contribution in [3.63, 3.8) is 0 Å². The number of fused-ring (bicyclic) bond motifs is 1. The summed E-state index contributed by atoms with van der Waals surface area (Å²) in [7, 11) is 0. The minimum Gasteiger partial charge on any atom is -0.435 e. The van der Waals surface area contributed by atoms with E-state index in [0.29, 0.717) is 10.6 Å². The molecule has 12 heteroatoms. The lowest BCUT2D eigenvalue weighted by Crippen LogP contribution is -2.26. The number of aryl methyl sites for hydroxylation is 1. The number of hydrogen-bond donors (Lipinski definition) is 2. The zero-order valence-electron chi connectivity index (χ0n) is 15.8. The van der Waals surface area contributed by atoms with Gasteiger partial charge in [-0.2, -0.15) is 13.8 Å². The first-order chi connectivity index (χ1) is 14.7. The first-order valence-electron chi connectivity index (χ1n) is 8.76. The van der Waals surface area contributed by atoms with Crippen molar-refractivity contribution in [2.75, 3.05) is 5.73 Å². The van der Waals surface area contributed by atoms with E-state index < -0.39 is 18.2 Å². The molecule has 0 aliphatic heterocycles. The molecule has 8 nitrogen and oxygen atoms in total. The Bertz CT molecular complexity index is 1350. The van der Waals surface area contributed by atoms with Crippen molar-refractivity contribution < 1.29 is 27.5 Å². The summed E-state index contributed by atoms with van der Waals surface area (Å²) in [5.41, 5.74) is 6.29. The van der Waals surface area contributed by atoms with Crippen molar-refractivity contribution in [2.24, 2.45) is 4.99 Å². The van der Waals surface area contributed by atoms with Crippen LogP contribution in [0.5, 0.6) is 5.75 Å². The second-order valence-corrected chi connectivity index (χ2v) is 6.38. The molecule has 0 atom stereocenters. The maximum absolute atomic E-state index is 13.8. The van der Waals surface area contributed by atoms with Gasteiger partial charge in [0.15, 0.2) is 11.6 Å². The first kappa shape index (κ1) is 20.2. The maximum Gasteiger partial charge on any atom is 0.387 e. The Morgan fingerprint density at radius 2 is 1.74 bits per heavy atom. The van der Waals surface area contributed by atoms with Gasteiger partial charge in [0.25, 0.3) is 5.62 Å². The molecule has 3 N–H and O–H groups in total. The molecule has 31 heavy (non-hydrogen) atoms. The van der Waals surface area contributed by atoms with Gasteiger partial charge in [-0.05, 0) is 31.2 Å². The second kappa shape index (κ2) is 7.63.